The molecule has 0 saturated carbocycles. The van der Waals surface area contributed by atoms with Gasteiger partial charge in [0.15, 0.2) is 0 Å². The average molecular weight is 414 g/mol. The van der Waals surface area contributed by atoms with E-state index in [9.17, 15) is 18.0 Å². The summed E-state index contributed by atoms with van der Waals surface area (Å²) in [7, 11) is 0. The normalized spacial score (nSPS) is 11.4. The second-order valence-corrected chi connectivity index (χ2v) is 6.89. The molecule has 0 bridgehead atoms. The number of alkyl halides is 3. The molecule has 4 rings (SSSR count). The molecule has 29 heavy (non-hydrogen) atoms. The number of halogens is 3. The van der Waals surface area contributed by atoms with Crippen molar-refractivity contribution in [3.05, 3.63) is 71.4 Å². The van der Waals surface area contributed by atoms with Gasteiger partial charge in [-0.05, 0) is 40.1 Å². The minimum absolute atomic E-state index is 0.110. The highest BCUT2D eigenvalue weighted by Crippen LogP contribution is 2.35. The number of anilines is 1. The zero-order valence-electron chi connectivity index (χ0n) is 14.7. The minimum Gasteiger partial charge on any atom is -0.420 e. The number of hydrogen-bond donors (Lipinski definition) is 1. The van der Waals surface area contributed by atoms with Crippen LogP contribution >= 0.6 is 11.3 Å². The van der Waals surface area contributed by atoms with Crippen molar-refractivity contribution in [3.8, 4) is 33.8 Å². The van der Waals surface area contributed by atoms with E-state index in [2.05, 4.69) is 4.98 Å². The first-order valence-corrected chi connectivity index (χ1v) is 9.43. The van der Waals surface area contributed by atoms with Gasteiger partial charge in [0.1, 0.15) is 5.69 Å². The van der Waals surface area contributed by atoms with Crippen molar-refractivity contribution in [1.29, 1.82) is 0 Å². The van der Waals surface area contributed by atoms with Gasteiger partial charge in [0.2, 0.25) is 11.8 Å². The Bertz CT molecular complexity index is 1140. The zero-order valence-corrected chi connectivity index (χ0v) is 15.6. The van der Waals surface area contributed by atoms with Crippen molar-refractivity contribution >= 4 is 23.1 Å². The van der Waals surface area contributed by atoms with Crippen LogP contribution in [0.5, 0.6) is 0 Å². The zero-order chi connectivity index (χ0) is 20.4. The maximum absolute atomic E-state index is 12.7. The van der Waals surface area contributed by atoms with E-state index in [0.717, 1.165) is 11.1 Å². The third-order valence-corrected chi connectivity index (χ3v) is 4.81. The molecule has 1 amide bonds. The second kappa shape index (κ2) is 7.56. The van der Waals surface area contributed by atoms with Gasteiger partial charge >= 0.3 is 12.1 Å². The lowest BCUT2D eigenvalue weighted by Gasteiger charge is -2.06. The summed E-state index contributed by atoms with van der Waals surface area (Å²) in [5, 5.41) is 5.72. The van der Waals surface area contributed by atoms with Crippen LogP contribution in [0.25, 0.3) is 33.8 Å². The highest BCUT2D eigenvalue weighted by molar-refractivity contribution is 7.08. The molecule has 0 spiro atoms. The van der Waals surface area contributed by atoms with Crippen molar-refractivity contribution in [2.24, 2.45) is 0 Å². The lowest BCUT2D eigenvalue weighted by molar-refractivity contribution is -0.167. The van der Waals surface area contributed by atoms with E-state index in [1.165, 1.54) is 0 Å². The molecular weight excluding hydrogens is 401 g/mol. The predicted molar refractivity (Wildman–Crippen MR) is 105 cm³/mol. The smallest absolute Gasteiger partial charge is 0.420 e. The number of nitrogens with zero attached hydrogens (tertiary/aromatic N) is 1. The van der Waals surface area contributed by atoms with Crippen LogP contribution in [0.4, 0.5) is 19.1 Å². The molecule has 0 aliphatic carbocycles. The van der Waals surface area contributed by atoms with E-state index in [4.69, 9.17) is 4.42 Å². The summed E-state index contributed by atoms with van der Waals surface area (Å²) in [5.74, 6) is -2.36. The number of carbonyl (C=O) groups is 1. The van der Waals surface area contributed by atoms with Crippen LogP contribution in [0.3, 0.4) is 0 Å². The number of carbonyl (C=O) groups excluding carboxylic acids is 1. The average Bonchev–Trinajstić information content (AvgIpc) is 3.38. The molecule has 2 heterocycles. The van der Waals surface area contributed by atoms with E-state index in [1.54, 1.807) is 53.1 Å². The number of aromatic nitrogens is 1. The Morgan fingerprint density at radius 3 is 2.34 bits per heavy atom. The molecule has 0 atom stereocenters. The maximum Gasteiger partial charge on any atom is 0.471 e. The lowest BCUT2D eigenvalue weighted by atomic mass is 10.1. The Hall–Kier alpha value is -3.39. The van der Waals surface area contributed by atoms with Gasteiger partial charge in [0.25, 0.3) is 0 Å². The van der Waals surface area contributed by atoms with Gasteiger partial charge < -0.3 is 4.42 Å². The molecule has 0 unspecified atom stereocenters. The molecule has 4 aromatic rings. The minimum atomic E-state index is -5.04. The van der Waals surface area contributed by atoms with Gasteiger partial charge in [0.05, 0.1) is 0 Å². The van der Waals surface area contributed by atoms with Crippen LogP contribution in [0.2, 0.25) is 0 Å². The molecule has 0 fully saturated rings. The molecule has 2 aromatic heterocycles. The molecule has 2 aromatic carbocycles. The largest absolute Gasteiger partial charge is 0.471 e. The number of oxazole rings is 1. The van der Waals surface area contributed by atoms with Crippen molar-refractivity contribution in [2.75, 3.05) is 5.32 Å². The predicted octanol–water partition coefficient (Wildman–Crippen LogP) is 6.24. The molecule has 0 aliphatic rings. The summed E-state index contributed by atoms with van der Waals surface area (Å²) in [4.78, 5) is 15.8. The Balaban J connectivity index is 1.77. The second-order valence-electron chi connectivity index (χ2n) is 6.11. The van der Waals surface area contributed by atoms with Gasteiger partial charge in [-0.1, -0.05) is 42.5 Å². The molecule has 4 nitrogen and oxygen atoms in total. The molecule has 0 aliphatic heterocycles. The number of rotatable bonds is 4. The number of nitrogens with one attached hydrogen (secondary N) is 1. The third-order valence-electron chi connectivity index (χ3n) is 4.12. The Labute approximate surface area is 167 Å². The van der Waals surface area contributed by atoms with Crippen molar-refractivity contribution in [3.63, 3.8) is 0 Å². The lowest BCUT2D eigenvalue weighted by Crippen LogP contribution is -2.29. The van der Waals surface area contributed by atoms with Crippen LogP contribution in [-0.2, 0) is 4.79 Å². The third kappa shape index (κ3) is 4.07. The van der Waals surface area contributed by atoms with Crippen LogP contribution in [0.1, 0.15) is 0 Å². The summed E-state index contributed by atoms with van der Waals surface area (Å²) in [6, 6.07) is 17.8. The van der Waals surface area contributed by atoms with Gasteiger partial charge in [0, 0.05) is 11.1 Å². The van der Waals surface area contributed by atoms with E-state index >= 15 is 0 Å². The van der Waals surface area contributed by atoms with Gasteiger partial charge in [-0.25, -0.2) is 4.98 Å². The van der Waals surface area contributed by atoms with Crippen LogP contribution < -0.4 is 5.32 Å². The summed E-state index contributed by atoms with van der Waals surface area (Å²) >= 11 is 1.56. The van der Waals surface area contributed by atoms with Gasteiger partial charge in [-0.2, -0.15) is 24.5 Å². The molecular formula is C21H13F3N2O2S. The maximum atomic E-state index is 12.7. The van der Waals surface area contributed by atoms with Crippen LogP contribution in [-0.4, -0.2) is 17.1 Å². The molecule has 1 N–H and O–H groups in total. The number of benzene rings is 2. The monoisotopic (exact) mass is 414 g/mol. The van der Waals surface area contributed by atoms with Gasteiger partial charge in [-0.3, -0.25) is 10.1 Å². The van der Waals surface area contributed by atoms with E-state index < -0.39 is 12.1 Å². The van der Waals surface area contributed by atoms with E-state index in [-0.39, 0.29) is 17.5 Å². The first kappa shape index (κ1) is 18.9. The van der Waals surface area contributed by atoms with Crippen molar-refractivity contribution < 1.29 is 22.4 Å². The fraction of sp³-hybridized carbons (Fsp3) is 0.0476. The molecule has 146 valence electrons. The number of thiophene rings is 1. The summed E-state index contributed by atoms with van der Waals surface area (Å²) in [6.07, 6.45) is -5.04. The Morgan fingerprint density at radius 2 is 1.66 bits per heavy atom. The quantitative estimate of drug-likeness (QED) is 0.430. The van der Waals surface area contributed by atoms with Gasteiger partial charge in [-0.15, -0.1) is 0 Å². The number of amides is 1. The molecule has 0 saturated heterocycles. The van der Waals surface area contributed by atoms with E-state index in [1.807, 2.05) is 35.0 Å². The fourth-order valence-corrected chi connectivity index (χ4v) is 3.42. The van der Waals surface area contributed by atoms with E-state index in [0.29, 0.717) is 11.1 Å². The van der Waals surface area contributed by atoms with Crippen LogP contribution in [0.15, 0.2) is 75.8 Å². The first-order valence-electron chi connectivity index (χ1n) is 8.49. The van der Waals surface area contributed by atoms with Crippen LogP contribution in [0, 0.1) is 0 Å². The highest BCUT2D eigenvalue weighted by atomic mass is 32.1. The Morgan fingerprint density at radius 1 is 0.931 bits per heavy atom. The van der Waals surface area contributed by atoms with Crippen molar-refractivity contribution in [1.82, 2.24) is 4.98 Å². The molecule has 8 heteroatoms. The Kier molecular flexibility index (Phi) is 4.94. The van der Waals surface area contributed by atoms with Crippen molar-refractivity contribution in [2.45, 2.75) is 6.18 Å². The highest BCUT2D eigenvalue weighted by Gasteiger charge is 2.40. The summed E-state index contributed by atoms with van der Waals surface area (Å²) in [5.41, 5.74) is 3.16. The topological polar surface area (TPSA) is 55.1 Å². The summed E-state index contributed by atoms with van der Waals surface area (Å²) < 4.78 is 43.8. The summed E-state index contributed by atoms with van der Waals surface area (Å²) in [6.45, 7) is 0. The SMILES string of the molecule is O=C(Nc1oc(-c2cccc(-c3ccsc3)c2)nc1-c1ccccc1)C(F)(F)F. The standard InChI is InChI=1S/C21H13F3N2O2S/c22-21(23,24)20(27)26-19-17(13-5-2-1-3-6-13)25-18(28-19)15-8-4-7-14(11-15)16-9-10-29-12-16/h1-12H,(H,26,27). The fourth-order valence-electron chi connectivity index (χ4n) is 2.75. The number of hydrogen-bond acceptors (Lipinski definition) is 4. The first-order chi connectivity index (χ1) is 13.9. The molecule has 0 radical (unpaired) electrons.